The Balaban J connectivity index is 2.68. The zero-order valence-corrected chi connectivity index (χ0v) is 4.04. The van der Waals surface area contributed by atoms with Gasteiger partial charge in [0.1, 0.15) is 0 Å². The van der Waals surface area contributed by atoms with Crippen LogP contribution in [-0.2, 0) is 0 Å². The molecule has 0 aromatic carbocycles. The molecule has 42 valence electrons. The molecule has 0 aromatic heterocycles. The standard InChI is InChI=1S/C3H9BO3/c5-3-1-2-4(6)7/h5-7H,1-3H2. The van der Waals surface area contributed by atoms with Crippen LogP contribution in [-0.4, -0.2) is 28.9 Å². The van der Waals surface area contributed by atoms with Crippen LogP contribution in [0, 0.1) is 0 Å². The monoisotopic (exact) mass is 104 g/mol. The summed E-state index contributed by atoms with van der Waals surface area (Å²) in [6.45, 7) is 0.0254. The molecule has 0 aliphatic carbocycles. The highest BCUT2D eigenvalue weighted by molar-refractivity contribution is 6.40. The first-order chi connectivity index (χ1) is 3.27. The largest absolute Gasteiger partial charge is 0.451 e. The van der Waals surface area contributed by atoms with Crippen LogP contribution in [0.25, 0.3) is 0 Å². The second-order valence-corrected chi connectivity index (χ2v) is 1.35. The van der Waals surface area contributed by atoms with Crippen LogP contribution in [0.4, 0.5) is 0 Å². The molecule has 4 heteroatoms. The molecule has 0 amide bonds. The van der Waals surface area contributed by atoms with E-state index in [0.29, 0.717) is 6.42 Å². The van der Waals surface area contributed by atoms with E-state index in [9.17, 15) is 0 Å². The van der Waals surface area contributed by atoms with Crippen LogP contribution < -0.4 is 0 Å². The Morgan fingerprint density at radius 1 is 1.29 bits per heavy atom. The minimum Gasteiger partial charge on any atom is -0.427 e. The average Bonchev–Trinajstić information content (AvgIpc) is 1.61. The summed E-state index contributed by atoms with van der Waals surface area (Å²) in [5, 5.41) is 24.3. The van der Waals surface area contributed by atoms with Gasteiger partial charge < -0.3 is 15.2 Å². The zero-order valence-electron chi connectivity index (χ0n) is 4.04. The van der Waals surface area contributed by atoms with Crippen molar-refractivity contribution in [1.82, 2.24) is 0 Å². The fraction of sp³-hybridized carbons (Fsp3) is 1.00. The first kappa shape index (κ1) is 6.94. The van der Waals surface area contributed by atoms with Gasteiger partial charge in [-0.05, 0) is 12.7 Å². The van der Waals surface area contributed by atoms with E-state index in [4.69, 9.17) is 15.2 Å². The minimum absolute atomic E-state index is 0.0254. The summed E-state index contributed by atoms with van der Waals surface area (Å²) in [6, 6.07) is 0. The summed E-state index contributed by atoms with van der Waals surface area (Å²) >= 11 is 0. The molecular weight excluding hydrogens is 94.8 g/mol. The predicted octanol–water partition coefficient (Wildman–Crippen LogP) is -1.16. The maximum absolute atomic E-state index is 8.13. The molecule has 0 saturated carbocycles. The van der Waals surface area contributed by atoms with E-state index in [0.717, 1.165) is 0 Å². The lowest BCUT2D eigenvalue weighted by molar-refractivity contribution is 0.288. The van der Waals surface area contributed by atoms with Crippen molar-refractivity contribution in [1.29, 1.82) is 0 Å². The number of rotatable bonds is 3. The normalized spacial score (nSPS) is 9.00. The SMILES string of the molecule is OCCCB(O)O. The van der Waals surface area contributed by atoms with Gasteiger partial charge >= 0.3 is 7.12 Å². The van der Waals surface area contributed by atoms with Gasteiger partial charge in [-0.3, -0.25) is 0 Å². The fourth-order valence-electron chi connectivity index (χ4n) is 0.274. The van der Waals surface area contributed by atoms with Gasteiger partial charge in [0.15, 0.2) is 0 Å². The number of aliphatic hydroxyl groups is 1. The van der Waals surface area contributed by atoms with Gasteiger partial charge in [0.25, 0.3) is 0 Å². The minimum atomic E-state index is -1.26. The van der Waals surface area contributed by atoms with E-state index in [-0.39, 0.29) is 12.9 Å². The van der Waals surface area contributed by atoms with Gasteiger partial charge in [-0.2, -0.15) is 0 Å². The van der Waals surface area contributed by atoms with E-state index < -0.39 is 7.12 Å². The molecule has 0 aliphatic heterocycles. The molecule has 0 fully saturated rings. The van der Waals surface area contributed by atoms with Crippen LogP contribution in [0.1, 0.15) is 6.42 Å². The number of aliphatic hydroxyl groups excluding tert-OH is 1. The highest BCUT2D eigenvalue weighted by Gasteiger charge is 2.02. The molecule has 0 aliphatic rings. The lowest BCUT2D eigenvalue weighted by atomic mass is 9.85. The molecule has 0 spiro atoms. The van der Waals surface area contributed by atoms with Crippen LogP contribution in [0.15, 0.2) is 0 Å². The molecule has 0 rings (SSSR count). The Labute approximate surface area is 42.7 Å². The number of hydrogen-bond donors (Lipinski definition) is 3. The molecule has 0 radical (unpaired) electrons. The lowest BCUT2D eigenvalue weighted by Gasteiger charge is -1.91. The van der Waals surface area contributed by atoms with Crippen LogP contribution >= 0.6 is 0 Å². The van der Waals surface area contributed by atoms with Crippen molar-refractivity contribution in [3.63, 3.8) is 0 Å². The summed E-state index contributed by atoms with van der Waals surface area (Å²) in [7, 11) is -1.26. The van der Waals surface area contributed by atoms with E-state index in [1.54, 1.807) is 0 Å². The lowest BCUT2D eigenvalue weighted by Crippen LogP contribution is -2.10. The topological polar surface area (TPSA) is 60.7 Å². The Morgan fingerprint density at radius 3 is 2.00 bits per heavy atom. The third kappa shape index (κ3) is 5.94. The predicted molar refractivity (Wildman–Crippen MR) is 26.7 cm³/mol. The van der Waals surface area contributed by atoms with Crippen molar-refractivity contribution in [2.24, 2.45) is 0 Å². The Kier molecular flexibility index (Phi) is 4.08. The van der Waals surface area contributed by atoms with Crippen molar-refractivity contribution in [3.05, 3.63) is 0 Å². The summed E-state index contributed by atoms with van der Waals surface area (Å²) in [4.78, 5) is 0. The van der Waals surface area contributed by atoms with Gasteiger partial charge in [0.2, 0.25) is 0 Å². The van der Waals surface area contributed by atoms with E-state index >= 15 is 0 Å². The van der Waals surface area contributed by atoms with Gasteiger partial charge in [0.05, 0.1) is 0 Å². The Hall–Kier alpha value is -0.0551. The molecular formula is C3H9BO3. The third-order valence-corrected chi connectivity index (χ3v) is 0.620. The smallest absolute Gasteiger partial charge is 0.427 e. The maximum Gasteiger partial charge on any atom is 0.451 e. The van der Waals surface area contributed by atoms with Crippen molar-refractivity contribution >= 4 is 7.12 Å². The zero-order chi connectivity index (χ0) is 5.70. The van der Waals surface area contributed by atoms with E-state index in [1.165, 1.54) is 0 Å². The Morgan fingerprint density at radius 2 is 1.86 bits per heavy atom. The molecule has 0 heterocycles. The summed E-state index contributed by atoms with van der Waals surface area (Å²) in [6.07, 6.45) is 0.716. The fourth-order valence-corrected chi connectivity index (χ4v) is 0.274. The average molecular weight is 104 g/mol. The molecule has 7 heavy (non-hydrogen) atoms. The van der Waals surface area contributed by atoms with Crippen molar-refractivity contribution in [2.45, 2.75) is 12.7 Å². The molecule has 0 atom stereocenters. The van der Waals surface area contributed by atoms with Gasteiger partial charge in [-0.1, -0.05) is 0 Å². The number of hydrogen-bond acceptors (Lipinski definition) is 3. The second-order valence-electron chi connectivity index (χ2n) is 1.35. The quantitative estimate of drug-likeness (QED) is 0.396. The van der Waals surface area contributed by atoms with Crippen molar-refractivity contribution in [2.75, 3.05) is 6.61 Å². The molecule has 3 nitrogen and oxygen atoms in total. The van der Waals surface area contributed by atoms with Crippen LogP contribution in [0.3, 0.4) is 0 Å². The maximum atomic E-state index is 8.13. The van der Waals surface area contributed by atoms with E-state index in [2.05, 4.69) is 0 Å². The molecule has 0 unspecified atom stereocenters. The van der Waals surface area contributed by atoms with Gasteiger partial charge in [0, 0.05) is 6.61 Å². The third-order valence-electron chi connectivity index (χ3n) is 0.620. The van der Waals surface area contributed by atoms with Crippen molar-refractivity contribution < 1.29 is 15.2 Å². The molecule has 3 N–H and O–H groups in total. The highest BCUT2D eigenvalue weighted by atomic mass is 16.4. The second kappa shape index (κ2) is 4.11. The van der Waals surface area contributed by atoms with Crippen LogP contribution in [0.2, 0.25) is 6.32 Å². The Bertz CT molecular complexity index is 39.2. The van der Waals surface area contributed by atoms with Gasteiger partial charge in [-0.25, -0.2) is 0 Å². The van der Waals surface area contributed by atoms with E-state index in [1.807, 2.05) is 0 Å². The van der Waals surface area contributed by atoms with Crippen LogP contribution in [0.5, 0.6) is 0 Å². The molecule has 0 aromatic rings. The highest BCUT2D eigenvalue weighted by Crippen LogP contribution is 1.87. The summed E-state index contributed by atoms with van der Waals surface area (Å²) < 4.78 is 0. The van der Waals surface area contributed by atoms with Crippen molar-refractivity contribution in [3.8, 4) is 0 Å². The van der Waals surface area contributed by atoms with Gasteiger partial charge in [-0.15, -0.1) is 0 Å². The summed E-state index contributed by atoms with van der Waals surface area (Å²) in [5.74, 6) is 0. The molecule has 0 saturated heterocycles. The summed E-state index contributed by atoms with van der Waals surface area (Å²) in [5.41, 5.74) is 0. The first-order valence-corrected chi connectivity index (χ1v) is 2.24. The first-order valence-electron chi connectivity index (χ1n) is 2.24. The molecule has 0 bridgehead atoms.